The zero-order valence-electron chi connectivity index (χ0n) is 15.4. The summed E-state index contributed by atoms with van der Waals surface area (Å²) in [5.41, 5.74) is 2.49. The van der Waals surface area contributed by atoms with Crippen LogP contribution >= 0.6 is 0 Å². The molecule has 0 saturated heterocycles. The number of amides is 2. The van der Waals surface area contributed by atoms with E-state index in [4.69, 9.17) is 4.74 Å². The number of hydrogen-bond donors (Lipinski definition) is 2. The Morgan fingerprint density at radius 1 is 0.962 bits per heavy atom. The maximum absolute atomic E-state index is 12.3. The number of aryl methyl sites for hydroxylation is 1. The molecule has 2 aromatic rings. The monoisotopic (exact) mass is 355 g/mol. The van der Waals surface area contributed by atoms with Crippen LogP contribution in [0.5, 0.6) is 5.75 Å². The Morgan fingerprint density at radius 3 is 2.19 bits per heavy atom. The predicted octanol–water partition coefficient (Wildman–Crippen LogP) is 2.90. The molecule has 0 atom stereocenters. The van der Waals surface area contributed by atoms with Crippen molar-refractivity contribution in [1.82, 2.24) is 4.90 Å². The first-order chi connectivity index (χ1) is 12.5. The summed E-state index contributed by atoms with van der Waals surface area (Å²) in [6, 6.07) is 14.8. The minimum atomic E-state index is -0.195. The van der Waals surface area contributed by atoms with E-state index >= 15 is 0 Å². The number of nitrogens with one attached hydrogen (secondary N) is 2. The van der Waals surface area contributed by atoms with E-state index < -0.39 is 0 Å². The molecule has 0 spiro atoms. The second-order valence-corrected chi connectivity index (χ2v) is 5.97. The lowest BCUT2D eigenvalue weighted by Gasteiger charge is -2.19. The number of carbonyl (C=O) groups excluding carboxylic acids is 2. The summed E-state index contributed by atoms with van der Waals surface area (Å²) < 4.78 is 5.22. The highest BCUT2D eigenvalue weighted by atomic mass is 16.5. The summed E-state index contributed by atoms with van der Waals surface area (Å²) in [4.78, 5) is 26.3. The van der Waals surface area contributed by atoms with Gasteiger partial charge in [0.25, 0.3) is 0 Å². The van der Waals surface area contributed by atoms with Crippen LogP contribution in [0.1, 0.15) is 12.5 Å². The summed E-state index contributed by atoms with van der Waals surface area (Å²) in [6.45, 7) is 4.75. The van der Waals surface area contributed by atoms with Crippen molar-refractivity contribution in [2.24, 2.45) is 0 Å². The van der Waals surface area contributed by atoms with Gasteiger partial charge in [-0.1, -0.05) is 36.8 Å². The average Bonchev–Trinajstić information content (AvgIpc) is 2.63. The van der Waals surface area contributed by atoms with Crippen molar-refractivity contribution in [3.8, 4) is 5.75 Å². The average molecular weight is 355 g/mol. The van der Waals surface area contributed by atoms with Gasteiger partial charge in [0.2, 0.25) is 11.8 Å². The van der Waals surface area contributed by atoms with E-state index in [1.807, 2.05) is 50.2 Å². The Bertz CT molecular complexity index is 744. The topological polar surface area (TPSA) is 70.7 Å². The minimum absolute atomic E-state index is 0.121. The quantitative estimate of drug-likeness (QED) is 0.764. The van der Waals surface area contributed by atoms with Crippen molar-refractivity contribution >= 4 is 23.2 Å². The Morgan fingerprint density at radius 2 is 1.58 bits per heavy atom. The fourth-order valence-electron chi connectivity index (χ4n) is 2.46. The number of hydrogen-bond acceptors (Lipinski definition) is 4. The first-order valence-corrected chi connectivity index (χ1v) is 8.53. The number of methoxy groups -OCH3 is 1. The van der Waals surface area contributed by atoms with Gasteiger partial charge in [0, 0.05) is 5.69 Å². The van der Waals surface area contributed by atoms with Crippen LogP contribution in [0.15, 0.2) is 48.5 Å². The molecule has 2 rings (SSSR count). The lowest BCUT2D eigenvalue weighted by Crippen LogP contribution is -2.38. The summed E-state index contributed by atoms with van der Waals surface area (Å²) in [6.07, 6.45) is 0. The van der Waals surface area contributed by atoms with Gasteiger partial charge in [-0.15, -0.1) is 0 Å². The number of carbonyl (C=O) groups is 2. The van der Waals surface area contributed by atoms with Crippen LogP contribution in [0.2, 0.25) is 0 Å². The third-order valence-corrected chi connectivity index (χ3v) is 3.90. The summed E-state index contributed by atoms with van der Waals surface area (Å²) in [5, 5.41) is 5.66. The van der Waals surface area contributed by atoms with Crippen LogP contribution < -0.4 is 15.4 Å². The molecule has 0 aliphatic carbocycles. The molecular weight excluding hydrogens is 330 g/mol. The second-order valence-electron chi connectivity index (χ2n) is 5.97. The molecule has 0 fully saturated rings. The lowest BCUT2D eigenvalue weighted by molar-refractivity contribution is -0.119. The van der Waals surface area contributed by atoms with Gasteiger partial charge in [-0.05, 0) is 37.7 Å². The van der Waals surface area contributed by atoms with E-state index in [0.29, 0.717) is 18.0 Å². The molecule has 0 saturated carbocycles. The molecule has 138 valence electrons. The highest BCUT2D eigenvalue weighted by molar-refractivity contribution is 5.95. The zero-order chi connectivity index (χ0) is 18.9. The molecule has 0 radical (unpaired) electrons. The van der Waals surface area contributed by atoms with Crippen LogP contribution in [-0.4, -0.2) is 43.5 Å². The van der Waals surface area contributed by atoms with Crippen molar-refractivity contribution in [3.63, 3.8) is 0 Å². The van der Waals surface area contributed by atoms with Crippen LogP contribution in [-0.2, 0) is 9.59 Å². The maximum Gasteiger partial charge on any atom is 0.238 e. The first kappa shape index (κ1) is 19.5. The molecule has 6 heteroatoms. The molecule has 0 aliphatic heterocycles. The smallest absolute Gasteiger partial charge is 0.238 e. The third-order valence-electron chi connectivity index (χ3n) is 3.90. The highest BCUT2D eigenvalue weighted by Gasteiger charge is 2.14. The molecule has 2 amide bonds. The van der Waals surface area contributed by atoms with E-state index in [9.17, 15) is 9.59 Å². The van der Waals surface area contributed by atoms with Gasteiger partial charge in [0.15, 0.2) is 0 Å². The van der Waals surface area contributed by atoms with Crippen molar-refractivity contribution in [3.05, 3.63) is 54.1 Å². The van der Waals surface area contributed by atoms with Crippen LogP contribution in [0, 0.1) is 6.92 Å². The zero-order valence-corrected chi connectivity index (χ0v) is 15.4. The molecule has 6 nitrogen and oxygen atoms in total. The molecule has 2 N–H and O–H groups in total. The molecule has 0 aromatic heterocycles. The van der Waals surface area contributed by atoms with E-state index in [1.54, 1.807) is 24.1 Å². The maximum atomic E-state index is 12.3. The Hall–Kier alpha value is -2.86. The number of anilines is 2. The van der Waals surface area contributed by atoms with Crippen molar-refractivity contribution in [1.29, 1.82) is 0 Å². The molecular formula is C20H25N3O3. The molecule has 0 bridgehead atoms. The van der Waals surface area contributed by atoms with Crippen molar-refractivity contribution in [2.75, 3.05) is 37.4 Å². The molecule has 0 unspecified atom stereocenters. The molecule has 0 aliphatic rings. The fourth-order valence-corrected chi connectivity index (χ4v) is 2.46. The number of rotatable bonds is 8. The molecule has 26 heavy (non-hydrogen) atoms. The number of likely N-dealkylation sites (N-methyl/N-ethyl adjacent to an activating group) is 1. The SMILES string of the molecule is CCN(CC(=O)Nc1ccc(C)cc1)CC(=O)Nc1ccccc1OC. The van der Waals surface area contributed by atoms with Gasteiger partial charge < -0.3 is 15.4 Å². The Kier molecular flexibility index (Phi) is 7.17. The van der Waals surface area contributed by atoms with Gasteiger partial charge >= 0.3 is 0 Å². The number of benzene rings is 2. The number of nitrogens with zero attached hydrogens (tertiary/aromatic N) is 1. The predicted molar refractivity (Wildman–Crippen MR) is 104 cm³/mol. The van der Waals surface area contributed by atoms with Crippen LogP contribution in [0.4, 0.5) is 11.4 Å². The van der Waals surface area contributed by atoms with Gasteiger partial charge in [0.05, 0.1) is 25.9 Å². The Balaban J connectivity index is 1.88. The van der Waals surface area contributed by atoms with Crippen LogP contribution in [0.25, 0.3) is 0 Å². The number of ether oxygens (including phenoxy) is 1. The van der Waals surface area contributed by atoms with Crippen molar-refractivity contribution in [2.45, 2.75) is 13.8 Å². The van der Waals surface area contributed by atoms with Gasteiger partial charge in [-0.25, -0.2) is 0 Å². The standard InChI is InChI=1S/C20H25N3O3/c1-4-23(13-19(24)21-16-11-9-15(2)10-12-16)14-20(25)22-17-7-5-6-8-18(17)26-3/h5-12H,4,13-14H2,1-3H3,(H,21,24)(H,22,25). The highest BCUT2D eigenvalue weighted by Crippen LogP contribution is 2.22. The van der Waals surface area contributed by atoms with E-state index in [-0.39, 0.29) is 24.9 Å². The van der Waals surface area contributed by atoms with E-state index in [1.165, 1.54) is 0 Å². The first-order valence-electron chi connectivity index (χ1n) is 8.53. The van der Waals surface area contributed by atoms with E-state index in [0.717, 1.165) is 11.3 Å². The summed E-state index contributed by atoms with van der Waals surface area (Å²) >= 11 is 0. The molecule has 2 aromatic carbocycles. The summed E-state index contributed by atoms with van der Waals surface area (Å²) in [5.74, 6) is 0.251. The van der Waals surface area contributed by atoms with E-state index in [2.05, 4.69) is 10.6 Å². The van der Waals surface area contributed by atoms with Gasteiger partial charge in [0.1, 0.15) is 5.75 Å². The third kappa shape index (κ3) is 5.89. The summed E-state index contributed by atoms with van der Waals surface area (Å²) in [7, 11) is 1.55. The van der Waals surface area contributed by atoms with Gasteiger partial charge in [-0.3, -0.25) is 14.5 Å². The Labute approximate surface area is 154 Å². The van der Waals surface area contributed by atoms with Crippen LogP contribution in [0.3, 0.4) is 0 Å². The fraction of sp³-hybridized carbons (Fsp3) is 0.300. The van der Waals surface area contributed by atoms with Crippen molar-refractivity contribution < 1.29 is 14.3 Å². The lowest BCUT2D eigenvalue weighted by atomic mass is 10.2. The second kappa shape index (κ2) is 9.58. The van der Waals surface area contributed by atoms with Gasteiger partial charge in [-0.2, -0.15) is 0 Å². The minimum Gasteiger partial charge on any atom is -0.495 e. The molecule has 0 heterocycles. The largest absolute Gasteiger partial charge is 0.495 e. The normalized spacial score (nSPS) is 10.5. The number of para-hydroxylation sites is 2.